The maximum atomic E-state index is 12.8. The van der Waals surface area contributed by atoms with E-state index in [2.05, 4.69) is 0 Å². The number of carbonyl (C=O) groups is 2. The van der Waals surface area contributed by atoms with Gasteiger partial charge in [0.25, 0.3) is 0 Å². The quantitative estimate of drug-likeness (QED) is 0.664. The Kier molecular flexibility index (Phi) is 4.47. The molecule has 0 aliphatic carbocycles. The minimum atomic E-state index is -4.54. The summed E-state index contributed by atoms with van der Waals surface area (Å²) in [6, 6.07) is 11.1. The molecule has 2 aromatic rings. The second-order valence-electron chi connectivity index (χ2n) is 5.50. The highest BCUT2D eigenvalue weighted by Gasteiger charge is 2.41. The first-order chi connectivity index (χ1) is 11.8. The van der Waals surface area contributed by atoms with E-state index in [1.165, 1.54) is 23.9 Å². The number of anilines is 2. The van der Waals surface area contributed by atoms with Crippen molar-refractivity contribution in [1.82, 2.24) is 0 Å². The standard InChI is InChI=1S/C17H13F3N2O2S/c18-17(19,20)10-3-1-5-12(7-10)22-15(23)9-14(16(22)24)25-13-6-2-4-11(21)8-13/h1-8,14H,9,21H2. The Bertz CT molecular complexity index is 839. The topological polar surface area (TPSA) is 63.4 Å². The van der Waals surface area contributed by atoms with Crippen molar-refractivity contribution in [2.45, 2.75) is 22.7 Å². The SMILES string of the molecule is Nc1cccc(SC2CC(=O)N(c3cccc(C(F)(F)F)c3)C2=O)c1. The number of nitrogens with zero attached hydrogens (tertiary/aromatic N) is 1. The van der Waals surface area contributed by atoms with Gasteiger partial charge in [-0.05, 0) is 36.4 Å². The maximum absolute atomic E-state index is 12.8. The number of carbonyl (C=O) groups excluding carboxylic acids is 2. The number of halogens is 3. The summed E-state index contributed by atoms with van der Waals surface area (Å²) in [6.07, 6.45) is -4.62. The Balaban J connectivity index is 1.84. The molecule has 8 heteroatoms. The Hall–Kier alpha value is -2.48. The molecule has 3 rings (SSSR count). The van der Waals surface area contributed by atoms with Crippen LogP contribution in [0, 0.1) is 0 Å². The first-order valence-corrected chi connectivity index (χ1v) is 8.20. The molecule has 0 spiro atoms. The summed E-state index contributed by atoms with van der Waals surface area (Å²) in [7, 11) is 0. The Morgan fingerprint density at radius 3 is 2.48 bits per heavy atom. The number of nitrogens with two attached hydrogens (primary N) is 1. The van der Waals surface area contributed by atoms with Gasteiger partial charge in [0.1, 0.15) is 0 Å². The Morgan fingerprint density at radius 2 is 1.80 bits per heavy atom. The van der Waals surface area contributed by atoms with Crippen LogP contribution < -0.4 is 10.6 Å². The minimum Gasteiger partial charge on any atom is -0.399 e. The van der Waals surface area contributed by atoms with Crippen molar-refractivity contribution in [3.8, 4) is 0 Å². The normalized spacial score (nSPS) is 18.0. The van der Waals surface area contributed by atoms with Crippen molar-refractivity contribution >= 4 is 35.0 Å². The van der Waals surface area contributed by atoms with Gasteiger partial charge in [-0.15, -0.1) is 11.8 Å². The number of benzene rings is 2. The van der Waals surface area contributed by atoms with Crippen LogP contribution in [0.1, 0.15) is 12.0 Å². The van der Waals surface area contributed by atoms with Gasteiger partial charge < -0.3 is 5.73 Å². The van der Waals surface area contributed by atoms with Crippen molar-refractivity contribution in [2.75, 3.05) is 10.6 Å². The third-order valence-corrected chi connectivity index (χ3v) is 4.85. The van der Waals surface area contributed by atoms with Crippen LogP contribution in [-0.2, 0) is 15.8 Å². The third kappa shape index (κ3) is 3.63. The molecule has 1 aliphatic rings. The molecule has 4 nitrogen and oxygen atoms in total. The molecule has 1 saturated heterocycles. The van der Waals surface area contributed by atoms with Gasteiger partial charge in [-0.1, -0.05) is 12.1 Å². The van der Waals surface area contributed by atoms with Crippen LogP contribution in [0.3, 0.4) is 0 Å². The highest BCUT2D eigenvalue weighted by atomic mass is 32.2. The van der Waals surface area contributed by atoms with E-state index < -0.39 is 28.8 Å². The summed E-state index contributed by atoms with van der Waals surface area (Å²) >= 11 is 1.17. The van der Waals surface area contributed by atoms with Gasteiger partial charge in [-0.3, -0.25) is 9.59 Å². The molecular formula is C17H13F3N2O2S. The summed E-state index contributed by atoms with van der Waals surface area (Å²) in [4.78, 5) is 26.3. The van der Waals surface area contributed by atoms with Crippen LogP contribution in [-0.4, -0.2) is 17.1 Å². The zero-order valence-electron chi connectivity index (χ0n) is 12.8. The van der Waals surface area contributed by atoms with E-state index in [0.29, 0.717) is 5.69 Å². The van der Waals surface area contributed by atoms with Gasteiger partial charge in [0, 0.05) is 17.0 Å². The predicted octanol–water partition coefficient (Wildman–Crippen LogP) is 3.71. The zero-order valence-corrected chi connectivity index (χ0v) is 13.6. The average molecular weight is 366 g/mol. The third-order valence-electron chi connectivity index (χ3n) is 3.67. The van der Waals surface area contributed by atoms with Gasteiger partial charge in [0.15, 0.2) is 0 Å². The molecule has 2 aromatic carbocycles. The first-order valence-electron chi connectivity index (χ1n) is 7.32. The maximum Gasteiger partial charge on any atom is 0.416 e. The summed E-state index contributed by atoms with van der Waals surface area (Å²) in [5, 5.41) is -0.691. The van der Waals surface area contributed by atoms with E-state index in [1.54, 1.807) is 24.3 Å². The fourth-order valence-electron chi connectivity index (χ4n) is 2.54. The van der Waals surface area contributed by atoms with Crippen molar-refractivity contribution in [1.29, 1.82) is 0 Å². The van der Waals surface area contributed by atoms with Crippen LogP contribution in [0.2, 0.25) is 0 Å². The highest BCUT2D eigenvalue weighted by molar-refractivity contribution is 8.00. The molecule has 130 valence electrons. The summed E-state index contributed by atoms with van der Waals surface area (Å²) in [5.74, 6) is -1.05. The molecule has 1 atom stereocenters. The molecule has 25 heavy (non-hydrogen) atoms. The molecular weight excluding hydrogens is 353 g/mol. The molecule has 1 unspecified atom stereocenters. The van der Waals surface area contributed by atoms with Crippen molar-refractivity contribution < 1.29 is 22.8 Å². The van der Waals surface area contributed by atoms with Gasteiger partial charge in [-0.25, -0.2) is 4.90 Å². The van der Waals surface area contributed by atoms with E-state index in [1.807, 2.05) is 0 Å². The van der Waals surface area contributed by atoms with E-state index in [0.717, 1.165) is 21.9 Å². The Labute approximate surface area is 145 Å². The lowest BCUT2D eigenvalue weighted by molar-refractivity contribution is -0.137. The molecule has 0 aromatic heterocycles. The van der Waals surface area contributed by atoms with E-state index in [9.17, 15) is 22.8 Å². The average Bonchev–Trinajstić information content (AvgIpc) is 2.81. The van der Waals surface area contributed by atoms with Crippen molar-refractivity contribution in [3.05, 3.63) is 54.1 Å². The number of thioether (sulfide) groups is 1. The monoisotopic (exact) mass is 366 g/mol. The van der Waals surface area contributed by atoms with E-state index in [-0.39, 0.29) is 12.1 Å². The van der Waals surface area contributed by atoms with Gasteiger partial charge in [0.2, 0.25) is 11.8 Å². The lowest BCUT2D eigenvalue weighted by Crippen LogP contribution is -2.31. The Morgan fingerprint density at radius 1 is 1.08 bits per heavy atom. The second kappa shape index (κ2) is 6.44. The lowest BCUT2D eigenvalue weighted by Gasteiger charge is -2.17. The summed E-state index contributed by atoms with van der Waals surface area (Å²) < 4.78 is 38.5. The summed E-state index contributed by atoms with van der Waals surface area (Å²) in [5.41, 5.74) is 5.24. The minimum absolute atomic E-state index is 0.0690. The van der Waals surface area contributed by atoms with E-state index in [4.69, 9.17) is 5.73 Å². The fraction of sp³-hybridized carbons (Fsp3) is 0.176. The lowest BCUT2D eigenvalue weighted by atomic mass is 10.2. The van der Waals surface area contributed by atoms with Gasteiger partial charge in [-0.2, -0.15) is 13.2 Å². The fourth-order valence-corrected chi connectivity index (χ4v) is 3.66. The van der Waals surface area contributed by atoms with Crippen LogP contribution in [0.25, 0.3) is 0 Å². The molecule has 0 bridgehead atoms. The number of imide groups is 1. The highest BCUT2D eigenvalue weighted by Crippen LogP contribution is 2.36. The number of rotatable bonds is 3. The number of amides is 2. The number of hydrogen-bond donors (Lipinski definition) is 1. The number of hydrogen-bond acceptors (Lipinski definition) is 4. The van der Waals surface area contributed by atoms with Crippen molar-refractivity contribution in [3.63, 3.8) is 0 Å². The van der Waals surface area contributed by atoms with Gasteiger partial charge in [0.05, 0.1) is 16.5 Å². The largest absolute Gasteiger partial charge is 0.416 e. The molecule has 1 aliphatic heterocycles. The van der Waals surface area contributed by atoms with Gasteiger partial charge >= 0.3 is 6.18 Å². The van der Waals surface area contributed by atoms with Crippen LogP contribution >= 0.6 is 11.8 Å². The van der Waals surface area contributed by atoms with Crippen LogP contribution in [0.15, 0.2) is 53.4 Å². The molecule has 2 amide bonds. The van der Waals surface area contributed by atoms with E-state index >= 15 is 0 Å². The second-order valence-corrected chi connectivity index (χ2v) is 6.77. The first kappa shape index (κ1) is 17.3. The smallest absolute Gasteiger partial charge is 0.399 e. The molecule has 0 radical (unpaired) electrons. The molecule has 0 saturated carbocycles. The molecule has 1 heterocycles. The van der Waals surface area contributed by atoms with Crippen LogP contribution in [0.4, 0.5) is 24.5 Å². The number of nitrogen functional groups attached to an aromatic ring is 1. The predicted molar refractivity (Wildman–Crippen MR) is 89.1 cm³/mol. The van der Waals surface area contributed by atoms with Crippen molar-refractivity contribution in [2.24, 2.45) is 0 Å². The zero-order chi connectivity index (χ0) is 18.2. The molecule has 1 fully saturated rings. The number of alkyl halides is 3. The molecule has 2 N–H and O–H groups in total. The van der Waals surface area contributed by atoms with Crippen LogP contribution in [0.5, 0.6) is 0 Å². The summed E-state index contributed by atoms with van der Waals surface area (Å²) in [6.45, 7) is 0.